The lowest BCUT2D eigenvalue weighted by Gasteiger charge is -2.15. The summed E-state index contributed by atoms with van der Waals surface area (Å²) < 4.78 is 41.3. The maximum Gasteiger partial charge on any atom is 0.417 e. The van der Waals surface area contributed by atoms with Gasteiger partial charge < -0.3 is 5.32 Å². The molecule has 5 rings (SSSR count). The second-order valence-electron chi connectivity index (χ2n) is 8.15. The van der Waals surface area contributed by atoms with Gasteiger partial charge in [-0.05, 0) is 30.2 Å². The van der Waals surface area contributed by atoms with Gasteiger partial charge in [0.1, 0.15) is 5.84 Å². The van der Waals surface area contributed by atoms with E-state index in [2.05, 4.69) is 23.3 Å². The van der Waals surface area contributed by atoms with Gasteiger partial charge in [-0.1, -0.05) is 79.7 Å². The summed E-state index contributed by atoms with van der Waals surface area (Å²) in [4.78, 5) is 9.45. The molecule has 0 radical (unpaired) electrons. The Bertz CT molecular complexity index is 1360. The minimum Gasteiger partial charge on any atom is -0.340 e. The Hall–Kier alpha value is -3.93. The molecule has 0 fully saturated rings. The van der Waals surface area contributed by atoms with E-state index in [1.165, 1.54) is 12.1 Å². The van der Waals surface area contributed by atoms with Gasteiger partial charge >= 0.3 is 6.18 Å². The van der Waals surface area contributed by atoms with Crippen LogP contribution in [0, 0.1) is 0 Å². The Labute approximate surface area is 196 Å². The number of amidine groups is 1. The summed E-state index contributed by atoms with van der Waals surface area (Å²) in [5, 5.41) is 3.37. The molecule has 0 saturated heterocycles. The Balaban J connectivity index is 1.64. The van der Waals surface area contributed by atoms with Crippen LogP contribution in [0.15, 0.2) is 96.0 Å². The lowest BCUT2D eigenvalue weighted by Crippen LogP contribution is -2.12. The first-order valence-electron chi connectivity index (χ1n) is 11.1. The molecular formula is C28H22F3N3. The Morgan fingerprint density at radius 1 is 0.794 bits per heavy atom. The molecule has 1 N–H and O–H groups in total. The van der Waals surface area contributed by atoms with Gasteiger partial charge in [0.2, 0.25) is 0 Å². The van der Waals surface area contributed by atoms with Crippen molar-refractivity contribution in [2.24, 2.45) is 4.99 Å². The number of pyridine rings is 1. The molecule has 170 valence electrons. The first kappa shape index (κ1) is 21.9. The molecule has 3 aromatic carbocycles. The zero-order chi connectivity index (χ0) is 23.7. The van der Waals surface area contributed by atoms with E-state index in [4.69, 9.17) is 4.99 Å². The summed E-state index contributed by atoms with van der Waals surface area (Å²) in [6.45, 7) is 2.08. The fraction of sp³-hybridized carbons (Fsp3) is 0.143. The highest BCUT2D eigenvalue weighted by atomic mass is 19.4. The molecule has 0 bridgehead atoms. The summed E-state index contributed by atoms with van der Waals surface area (Å²) in [6.07, 6.45) is -3.63. The topological polar surface area (TPSA) is 37.3 Å². The molecule has 6 heteroatoms. The molecule has 2 heterocycles. The monoisotopic (exact) mass is 457 g/mol. The number of fused-ring (bicyclic) bond motifs is 1. The van der Waals surface area contributed by atoms with Crippen molar-refractivity contribution in [3.8, 4) is 22.5 Å². The number of hydrogen-bond donors (Lipinski definition) is 1. The van der Waals surface area contributed by atoms with Gasteiger partial charge in [-0.25, -0.2) is 4.98 Å². The molecule has 1 aliphatic rings. The van der Waals surface area contributed by atoms with Crippen molar-refractivity contribution in [2.45, 2.75) is 25.6 Å². The maximum atomic E-state index is 13.8. The first-order valence-corrected chi connectivity index (χ1v) is 11.1. The predicted octanol–water partition coefficient (Wildman–Crippen LogP) is 7.76. The number of anilines is 1. The zero-order valence-electron chi connectivity index (χ0n) is 18.5. The van der Waals surface area contributed by atoms with Gasteiger partial charge in [0.25, 0.3) is 0 Å². The molecular weight excluding hydrogens is 435 g/mol. The van der Waals surface area contributed by atoms with Gasteiger partial charge in [0.05, 0.1) is 23.0 Å². The van der Waals surface area contributed by atoms with Crippen LogP contribution in [0.5, 0.6) is 0 Å². The Kier molecular flexibility index (Phi) is 5.65. The molecule has 0 aliphatic carbocycles. The predicted molar refractivity (Wildman–Crippen MR) is 130 cm³/mol. The van der Waals surface area contributed by atoms with Crippen LogP contribution in [-0.4, -0.2) is 10.8 Å². The van der Waals surface area contributed by atoms with Crippen molar-refractivity contribution in [3.63, 3.8) is 0 Å². The van der Waals surface area contributed by atoms with Crippen molar-refractivity contribution in [2.75, 3.05) is 5.32 Å². The van der Waals surface area contributed by atoms with Crippen molar-refractivity contribution in [1.82, 2.24) is 4.98 Å². The molecule has 1 aromatic heterocycles. The summed E-state index contributed by atoms with van der Waals surface area (Å²) in [7, 11) is 0. The van der Waals surface area contributed by atoms with Crippen LogP contribution in [0.2, 0.25) is 0 Å². The number of hydrogen-bond acceptors (Lipinski definition) is 3. The summed E-state index contributed by atoms with van der Waals surface area (Å²) in [6, 6.07) is 26.5. The standard InChI is InChI=1S/C28H22F3N3/c1-2-24-20-12-6-7-13-21(20)27(34-24)32-19-16-25(18-10-4-3-5-11-18)33-26(17-19)22-14-8-9-15-23(22)28(29,30)31/h3-17,24H,2H2,1H3,(H,32,33,34)/t24-/m1/s1. The third-order valence-corrected chi connectivity index (χ3v) is 5.91. The number of aromatic nitrogens is 1. The zero-order valence-corrected chi connectivity index (χ0v) is 18.5. The van der Waals surface area contributed by atoms with Gasteiger partial charge in [-0.2, -0.15) is 13.2 Å². The first-order chi connectivity index (χ1) is 16.4. The van der Waals surface area contributed by atoms with Gasteiger partial charge in [-0.3, -0.25) is 4.99 Å². The number of rotatable bonds is 4. The summed E-state index contributed by atoms with van der Waals surface area (Å²) in [5.74, 6) is 0.711. The van der Waals surface area contributed by atoms with Crippen LogP contribution in [0.4, 0.5) is 18.9 Å². The van der Waals surface area contributed by atoms with Crippen molar-refractivity contribution in [1.29, 1.82) is 0 Å². The Morgan fingerprint density at radius 2 is 1.44 bits per heavy atom. The highest BCUT2D eigenvalue weighted by molar-refractivity contribution is 6.11. The van der Waals surface area contributed by atoms with E-state index in [1.807, 2.05) is 54.6 Å². The fourth-order valence-corrected chi connectivity index (χ4v) is 4.30. The van der Waals surface area contributed by atoms with E-state index in [1.54, 1.807) is 12.1 Å². The average molecular weight is 457 g/mol. The largest absolute Gasteiger partial charge is 0.417 e. The normalized spacial score (nSPS) is 15.1. The number of benzene rings is 3. The number of aliphatic imine (C=N–C) groups is 1. The summed E-state index contributed by atoms with van der Waals surface area (Å²) >= 11 is 0. The fourth-order valence-electron chi connectivity index (χ4n) is 4.30. The van der Waals surface area contributed by atoms with E-state index in [-0.39, 0.29) is 17.3 Å². The molecule has 34 heavy (non-hydrogen) atoms. The number of nitrogens with zero attached hydrogens (tertiary/aromatic N) is 2. The molecule has 1 aliphatic heterocycles. The maximum absolute atomic E-state index is 13.8. The smallest absolute Gasteiger partial charge is 0.340 e. The van der Waals surface area contributed by atoms with E-state index in [0.717, 1.165) is 29.2 Å². The minimum absolute atomic E-state index is 0.0380. The van der Waals surface area contributed by atoms with Crippen LogP contribution < -0.4 is 5.32 Å². The van der Waals surface area contributed by atoms with Crippen LogP contribution >= 0.6 is 0 Å². The molecule has 1 atom stereocenters. The molecule has 0 saturated carbocycles. The third-order valence-electron chi connectivity index (χ3n) is 5.91. The van der Waals surface area contributed by atoms with E-state index >= 15 is 0 Å². The van der Waals surface area contributed by atoms with Crippen molar-refractivity contribution < 1.29 is 13.2 Å². The van der Waals surface area contributed by atoms with Crippen LogP contribution in [-0.2, 0) is 6.18 Å². The highest BCUT2D eigenvalue weighted by Gasteiger charge is 2.34. The highest BCUT2D eigenvalue weighted by Crippen LogP contribution is 2.38. The molecule has 0 amide bonds. The molecule has 0 spiro atoms. The number of alkyl halides is 3. The van der Waals surface area contributed by atoms with E-state index < -0.39 is 11.7 Å². The quantitative estimate of drug-likeness (QED) is 0.340. The molecule has 3 nitrogen and oxygen atoms in total. The van der Waals surface area contributed by atoms with Crippen LogP contribution in [0.3, 0.4) is 0 Å². The minimum atomic E-state index is -4.49. The number of halogens is 3. The second-order valence-corrected chi connectivity index (χ2v) is 8.15. The molecule has 4 aromatic rings. The number of nitrogens with one attached hydrogen (secondary N) is 1. The van der Waals surface area contributed by atoms with Gasteiger partial charge in [0, 0.05) is 22.4 Å². The average Bonchev–Trinajstić information content (AvgIpc) is 3.21. The molecule has 0 unspecified atom stereocenters. The van der Waals surface area contributed by atoms with Crippen LogP contribution in [0.25, 0.3) is 22.5 Å². The van der Waals surface area contributed by atoms with Crippen LogP contribution in [0.1, 0.15) is 36.1 Å². The van der Waals surface area contributed by atoms with Gasteiger partial charge in [0.15, 0.2) is 0 Å². The van der Waals surface area contributed by atoms with E-state index in [0.29, 0.717) is 17.2 Å². The lowest BCUT2D eigenvalue weighted by molar-refractivity contribution is -0.137. The summed E-state index contributed by atoms with van der Waals surface area (Å²) in [5.41, 5.74) is 3.75. The van der Waals surface area contributed by atoms with Gasteiger partial charge in [-0.15, -0.1) is 0 Å². The van der Waals surface area contributed by atoms with Crippen molar-refractivity contribution in [3.05, 3.63) is 108 Å². The Morgan fingerprint density at radius 3 is 2.18 bits per heavy atom. The van der Waals surface area contributed by atoms with E-state index in [9.17, 15) is 13.2 Å². The third kappa shape index (κ3) is 4.19. The second kappa shape index (κ2) is 8.78. The lowest BCUT2D eigenvalue weighted by atomic mass is 10.0. The SMILES string of the molecule is CC[C@H]1N=C(Nc2cc(-c3ccccc3)nc(-c3ccccc3C(F)(F)F)c2)c2ccccc21. The van der Waals surface area contributed by atoms with Crippen molar-refractivity contribution >= 4 is 11.5 Å².